The Labute approximate surface area is 193 Å². The predicted octanol–water partition coefficient (Wildman–Crippen LogP) is 6.15. The van der Waals surface area contributed by atoms with E-state index in [0.717, 1.165) is 30.8 Å². The first kappa shape index (κ1) is 22.8. The summed E-state index contributed by atoms with van der Waals surface area (Å²) in [5, 5.41) is 4.83. The summed E-state index contributed by atoms with van der Waals surface area (Å²) in [6.07, 6.45) is 6.99. The molecule has 0 radical (unpaired) electrons. The zero-order valence-electron chi connectivity index (χ0n) is 19.8. The lowest BCUT2D eigenvalue weighted by Gasteiger charge is -2.28. The summed E-state index contributed by atoms with van der Waals surface area (Å²) in [5.41, 5.74) is 4.55. The van der Waals surface area contributed by atoms with Gasteiger partial charge in [-0.25, -0.2) is 4.68 Å². The first-order valence-corrected chi connectivity index (χ1v) is 12.1. The quantitative estimate of drug-likeness (QED) is 0.401. The second-order valence-electron chi connectivity index (χ2n) is 9.86. The first-order valence-electron chi connectivity index (χ1n) is 12.1. The summed E-state index contributed by atoms with van der Waals surface area (Å²) in [6.45, 7) is 11.1. The van der Waals surface area contributed by atoms with Crippen LogP contribution in [0.2, 0.25) is 0 Å². The zero-order chi connectivity index (χ0) is 22.4. The smallest absolute Gasteiger partial charge is 0.111 e. The second kappa shape index (κ2) is 10.5. The van der Waals surface area contributed by atoms with Gasteiger partial charge < -0.3 is 9.64 Å². The van der Waals surface area contributed by atoms with Crippen molar-refractivity contribution in [1.29, 1.82) is 0 Å². The van der Waals surface area contributed by atoms with Crippen LogP contribution in [0.25, 0.3) is 5.69 Å². The maximum absolute atomic E-state index is 6.61. The number of aromatic nitrogens is 2. The van der Waals surface area contributed by atoms with E-state index in [1.807, 2.05) is 12.3 Å². The zero-order valence-corrected chi connectivity index (χ0v) is 19.8. The van der Waals surface area contributed by atoms with Gasteiger partial charge in [-0.05, 0) is 50.0 Å². The average Bonchev–Trinajstić information content (AvgIpc) is 3.26. The molecule has 170 valence electrons. The van der Waals surface area contributed by atoms with E-state index in [4.69, 9.17) is 9.84 Å². The normalized spacial score (nSPS) is 16.2. The molecule has 1 aromatic heterocycles. The Morgan fingerprint density at radius 1 is 0.906 bits per heavy atom. The van der Waals surface area contributed by atoms with Crippen LogP contribution in [0, 0.1) is 0 Å². The molecule has 2 heterocycles. The van der Waals surface area contributed by atoms with Gasteiger partial charge in [0, 0.05) is 24.1 Å². The molecule has 1 aliphatic rings. The minimum absolute atomic E-state index is 0.0775. The second-order valence-corrected chi connectivity index (χ2v) is 9.86. The van der Waals surface area contributed by atoms with Crippen molar-refractivity contribution in [3.63, 3.8) is 0 Å². The highest BCUT2D eigenvalue weighted by molar-refractivity contribution is 5.41. The third-order valence-corrected chi connectivity index (χ3v) is 6.25. The molecule has 2 aromatic carbocycles. The van der Waals surface area contributed by atoms with Crippen LogP contribution in [0.5, 0.6) is 0 Å². The minimum Gasteiger partial charge on any atom is -0.369 e. The van der Waals surface area contributed by atoms with E-state index in [0.29, 0.717) is 0 Å². The molecule has 0 spiro atoms. The van der Waals surface area contributed by atoms with Gasteiger partial charge in [-0.15, -0.1) is 0 Å². The summed E-state index contributed by atoms with van der Waals surface area (Å²) in [5.74, 6) is 0. The molecule has 4 nitrogen and oxygen atoms in total. The molecule has 1 unspecified atom stereocenters. The molecular weight excluding hydrogens is 394 g/mol. The molecule has 1 aliphatic heterocycles. The Bertz CT molecular complexity index is 953. The molecule has 1 fully saturated rings. The maximum atomic E-state index is 6.61. The molecule has 4 heteroatoms. The lowest BCUT2D eigenvalue weighted by Crippen LogP contribution is -2.31. The summed E-state index contributed by atoms with van der Waals surface area (Å²) in [6, 6.07) is 21.0. The van der Waals surface area contributed by atoms with Crippen LogP contribution in [-0.2, 0) is 10.2 Å². The molecule has 0 amide bonds. The van der Waals surface area contributed by atoms with Crippen molar-refractivity contribution in [2.75, 3.05) is 26.2 Å². The topological polar surface area (TPSA) is 30.3 Å². The number of benzene rings is 2. The fraction of sp³-hybridized carbons (Fsp3) is 0.464. The number of hydrogen-bond donors (Lipinski definition) is 0. The van der Waals surface area contributed by atoms with Crippen LogP contribution >= 0.6 is 0 Å². The number of rotatable bonds is 8. The van der Waals surface area contributed by atoms with Gasteiger partial charge in [0.25, 0.3) is 0 Å². The van der Waals surface area contributed by atoms with Crippen molar-refractivity contribution in [2.45, 2.75) is 58.0 Å². The highest BCUT2D eigenvalue weighted by Crippen LogP contribution is 2.36. The number of hydrogen-bond acceptors (Lipinski definition) is 3. The molecule has 1 atom stereocenters. The van der Waals surface area contributed by atoms with Crippen LogP contribution in [0.1, 0.15) is 69.4 Å². The van der Waals surface area contributed by atoms with Gasteiger partial charge in [-0.2, -0.15) is 5.10 Å². The molecule has 0 N–H and O–H groups in total. The monoisotopic (exact) mass is 431 g/mol. The van der Waals surface area contributed by atoms with Gasteiger partial charge in [0.1, 0.15) is 6.10 Å². The summed E-state index contributed by atoms with van der Waals surface area (Å²) < 4.78 is 8.70. The van der Waals surface area contributed by atoms with E-state index in [1.54, 1.807) is 0 Å². The average molecular weight is 432 g/mol. The summed E-state index contributed by atoms with van der Waals surface area (Å²) >= 11 is 0. The number of likely N-dealkylation sites (tertiary alicyclic amines) is 1. The molecule has 0 aliphatic carbocycles. The lowest BCUT2D eigenvalue weighted by molar-refractivity contribution is 0.0688. The van der Waals surface area contributed by atoms with E-state index in [-0.39, 0.29) is 11.5 Å². The fourth-order valence-corrected chi connectivity index (χ4v) is 4.73. The molecule has 3 aromatic rings. The number of nitrogens with zero attached hydrogens (tertiary/aromatic N) is 3. The number of para-hydroxylation sites is 1. The Kier molecular flexibility index (Phi) is 7.44. The molecular formula is C28H37N3O. The SMILES string of the molecule is CC(C)(C)c1c(C(OCCCN2CCCCC2)c2ccccc2)cnn1-c1ccccc1. The maximum Gasteiger partial charge on any atom is 0.111 e. The van der Waals surface area contributed by atoms with Gasteiger partial charge in [0.05, 0.1) is 17.6 Å². The summed E-state index contributed by atoms with van der Waals surface area (Å²) in [4.78, 5) is 2.58. The highest BCUT2D eigenvalue weighted by Gasteiger charge is 2.30. The van der Waals surface area contributed by atoms with E-state index >= 15 is 0 Å². The van der Waals surface area contributed by atoms with Gasteiger partial charge in [0.15, 0.2) is 0 Å². The van der Waals surface area contributed by atoms with Crippen molar-refractivity contribution in [2.24, 2.45) is 0 Å². The van der Waals surface area contributed by atoms with Crippen LogP contribution in [0.4, 0.5) is 0 Å². The largest absolute Gasteiger partial charge is 0.369 e. The Hall–Kier alpha value is -2.43. The fourth-order valence-electron chi connectivity index (χ4n) is 4.73. The van der Waals surface area contributed by atoms with Crippen molar-refractivity contribution >= 4 is 0 Å². The molecule has 4 rings (SSSR count). The van der Waals surface area contributed by atoms with Gasteiger partial charge >= 0.3 is 0 Å². The van der Waals surface area contributed by atoms with E-state index in [2.05, 4.69) is 85.0 Å². The molecule has 0 bridgehead atoms. The van der Waals surface area contributed by atoms with Gasteiger partial charge in [-0.1, -0.05) is 75.7 Å². The van der Waals surface area contributed by atoms with Gasteiger partial charge in [-0.3, -0.25) is 0 Å². The Morgan fingerprint density at radius 3 is 2.22 bits per heavy atom. The third kappa shape index (κ3) is 5.48. The lowest BCUT2D eigenvalue weighted by atomic mass is 9.86. The van der Waals surface area contributed by atoms with Crippen LogP contribution in [-0.4, -0.2) is 40.9 Å². The Balaban J connectivity index is 1.60. The van der Waals surface area contributed by atoms with Crippen molar-refractivity contribution < 1.29 is 4.74 Å². The summed E-state index contributed by atoms with van der Waals surface area (Å²) in [7, 11) is 0. The van der Waals surface area contributed by atoms with Crippen LogP contribution in [0.3, 0.4) is 0 Å². The van der Waals surface area contributed by atoms with Crippen LogP contribution < -0.4 is 0 Å². The molecule has 0 saturated carbocycles. The third-order valence-electron chi connectivity index (χ3n) is 6.25. The van der Waals surface area contributed by atoms with Gasteiger partial charge in [0.2, 0.25) is 0 Å². The van der Waals surface area contributed by atoms with Crippen LogP contribution in [0.15, 0.2) is 66.9 Å². The van der Waals surface area contributed by atoms with E-state index < -0.39 is 0 Å². The highest BCUT2D eigenvalue weighted by atomic mass is 16.5. The molecule has 1 saturated heterocycles. The van der Waals surface area contributed by atoms with E-state index in [9.17, 15) is 0 Å². The standard InChI is InChI=1S/C28H37N3O/c1-28(2,3)27-25(22-29-31(27)24-16-9-5-10-17-24)26(23-14-7-4-8-15-23)32-21-13-20-30-18-11-6-12-19-30/h4-5,7-10,14-17,22,26H,6,11-13,18-21H2,1-3H3. The van der Waals surface area contributed by atoms with Crippen molar-refractivity contribution in [1.82, 2.24) is 14.7 Å². The van der Waals surface area contributed by atoms with Crippen molar-refractivity contribution in [3.05, 3.63) is 83.7 Å². The van der Waals surface area contributed by atoms with E-state index in [1.165, 1.54) is 43.6 Å². The first-order chi connectivity index (χ1) is 15.5. The molecule has 32 heavy (non-hydrogen) atoms. The predicted molar refractivity (Wildman–Crippen MR) is 131 cm³/mol. The minimum atomic E-state index is -0.121. The van der Waals surface area contributed by atoms with Crippen molar-refractivity contribution in [3.8, 4) is 5.69 Å². The Morgan fingerprint density at radius 2 is 1.56 bits per heavy atom. The number of ether oxygens (including phenoxy) is 1. The number of piperidine rings is 1.